The molecular weight excluding hydrogens is 424 g/mol. The molecule has 1 aliphatic rings. The summed E-state index contributed by atoms with van der Waals surface area (Å²) in [6, 6.07) is 5.27. The number of fused-ring (bicyclic) bond motifs is 3. The minimum Gasteiger partial charge on any atom is -0.454 e. The van der Waals surface area contributed by atoms with Gasteiger partial charge in [0, 0.05) is 30.2 Å². The van der Waals surface area contributed by atoms with Crippen molar-refractivity contribution in [2.75, 3.05) is 12.3 Å². The van der Waals surface area contributed by atoms with Crippen molar-refractivity contribution in [2.24, 2.45) is 13.0 Å². The van der Waals surface area contributed by atoms with Gasteiger partial charge in [-0.2, -0.15) is 0 Å². The number of aryl methyl sites for hydroxylation is 1. The van der Waals surface area contributed by atoms with Crippen LogP contribution in [0.15, 0.2) is 27.8 Å². The quantitative estimate of drug-likeness (QED) is 0.436. The van der Waals surface area contributed by atoms with Gasteiger partial charge in [-0.1, -0.05) is 13.8 Å². The van der Waals surface area contributed by atoms with E-state index in [9.17, 15) is 19.2 Å². The highest BCUT2D eigenvalue weighted by Crippen LogP contribution is 2.32. The Morgan fingerprint density at radius 3 is 2.76 bits per heavy atom. The third-order valence-electron chi connectivity index (χ3n) is 6.31. The Bertz CT molecular complexity index is 1380. The van der Waals surface area contributed by atoms with E-state index in [2.05, 4.69) is 11.9 Å². The third-order valence-corrected chi connectivity index (χ3v) is 6.31. The largest absolute Gasteiger partial charge is 0.454 e. The highest BCUT2D eigenvalue weighted by Gasteiger charge is 2.24. The zero-order chi connectivity index (χ0) is 23.9. The van der Waals surface area contributed by atoms with Crippen LogP contribution in [0, 0.1) is 5.92 Å². The molecular formula is C24H28N4O5. The lowest BCUT2D eigenvalue weighted by atomic mass is 9.87. The molecule has 9 nitrogen and oxygen atoms in total. The number of esters is 1. The fourth-order valence-electron chi connectivity index (χ4n) is 4.49. The summed E-state index contributed by atoms with van der Waals surface area (Å²) < 4.78 is 7.24. The molecule has 1 atom stereocenters. The van der Waals surface area contributed by atoms with Gasteiger partial charge in [0.15, 0.2) is 6.61 Å². The van der Waals surface area contributed by atoms with Gasteiger partial charge >= 0.3 is 11.7 Å². The number of nitrogen functional groups attached to an aromatic ring is 1. The number of ketones is 1. The van der Waals surface area contributed by atoms with E-state index in [4.69, 9.17) is 10.5 Å². The van der Waals surface area contributed by atoms with E-state index < -0.39 is 29.6 Å². The Morgan fingerprint density at radius 1 is 1.27 bits per heavy atom. The fraction of sp³-hybridized carbons (Fsp3) is 0.417. The molecule has 1 aromatic carbocycles. The zero-order valence-corrected chi connectivity index (χ0v) is 19.1. The van der Waals surface area contributed by atoms with Crippen molar-refractivity contribution in [3.63, 3.8) is 0 Å². The second-order valence-electron chi connectivity index (χ2n) is 8.75. The van der Waals surface area contributed by atoms with E-state index in [1.807, 2.05) is 13.0 Å². The number of Topliss-reactive ketones (excluding diaryl/α,β-unsaturated/α-hetero) is 1. The summed E-state index contributed by atoms with van der Waals surface area (Å²) in [6.07, 6.45) is 3.65. The molecule has 174 valence electrons. The standard InChI is InChI=1S/C24H28N4O5/c1-4-9-28-21(25)20(22(30)27(3)24(28)32)19(29)12-33-23(31)14-6-8-18-16(11-14)15-10-13(2)5-7-17(15)26-18/h6,8,11,13,26H,4-5,7,9-10,12,25H2,1-3H3. The average molecular weight is 453 g/mol. The molecule has 0 amide bonds. The van der Waals surface area contributed by atoms with Crippen LogP contribution in [0.3, 0.4) is 0 Å². The molecule has 4 rings (SSSR count). The minimum atomic E-state index is -0.805. The van der Waals surface area contributed by atoms with E-state index in [0.717, 1.165) is 34.7 Å². The SMILES string of the molecule is CCCn1c(N)c(C(=O)COC(=O)c2ccc3[nH]c4c(c3c2)CC(C)CC4)c(=O)n(C)c1=O. The summed E-state index contributed by atoms with van der Waals surface area (Å²) in [5.41, 5.74) is 7.95. The van der Waals surface area contributed by atoms with Crippen LogP contribution in [0.25, 0.3) is 10.9 Å². The maximum Gasteiger partial charge on any atom is 0.338 e. The predicted octanol–water partition coefficient (Wildman–Crippen LogP) is 2.18. The van der Waals surface area contributed by atoms with Crippen LogP contribution >= 0.6 is 0 Å². The number of benzene rings is 1. The van der Waals surface area contributed by atoms with Crippen LogP contribution in [-0.4, -0.2) is 32.5 Å². The van der Waals surface area contributed by atoms with Crippen LogP contribution in [-0.2, 0) is 31.2 Å². The van der Waals surface area contributed by atoms with E-state index in [1.165, 1.54) is 22.9 Å². The van der Waals surface area contributed by atoms with Gasteiger partial charge in [0.05, 0.1) is 5.56 Å². The molecule has 3 aromatic rings. The summed E-state index contributed by atoms with van der Waals surface area (Å²) in [4.78, 5) is 53.6. The van der Waals surface area contributed by atoms with Gasteiger partial charge in [-0.05, 0) is 55.4 Å². The number of nitrogens with two attached hydrogens (primary N) is 1. The Balaban J connectivity index is 1.57. The van der Waals surface area contributed by atoms with E-state index in [0.29, 0.717) is 17.9 Å². The lowest BCUT2D eigenvalue weighted by Gasteiger charge is -2.18. The molecule has 1 unspecified atom stereocenters. The maximum atomic E-state index is 12.7. The van der Waals surface area contributed by atoms with Gasteiger partial charge in [-0.25, -0.2) is 9.59 Å². The second-order valence-corrected chi connectivity index (χ2v) is 8.75. The van der Waals surface area contributed by atoms with Crippen molar-refractivity contribution in [2.45, 2.75) is 46.1 Å². The van der Waals surface area contributed by atoms with Gasteiger partial charge in [0.2, 0.25) is 5.78 Å². The number of rotatable bonds is 6. The molecule has 2 heterocycles. The fourth-order valence-corrected chi connectivity index (χ4v) is 4.49. The van der Waals surface area contributed by atoms with Gasteiger partial charge < -0.3 is 15.5 Å². The predicted molar refractivity (Wildman–Crippen MR) is 125 cm³/mol. The molecule has 0 radical (unpaired) electrons. The monoisotopic (exact) mass is 452 g/mol. The number of anilines is 1. The first-order valence-corrected chi connectivity index (χ1v) is 11.2. The van der Waals surface area contributed by atoms with Crippen LogP contribution < -0.4 is 17.0 Å². The van der Waals surface area contributed by atoms with Crippen LogP contribution in [0.5, 0.6) is 0 Å². The molecule has 1 aliphatic carbocycles. The average Bonchev–Trinajstić information content (AvgIpc) is 3.16. The lowest BCUT2D eigenvalue weighted by Crippen LogP contribution is -2.43. The summed E-state index contributed by atoms with van der Waals surface area (Å²) in [5.74, 6) is -1.05. The van der Waals surface area contributed by atoms with Gasteiger partial charge in [-0.15, -0.1) is 0 Å². The summed E-state index contributed by atoms with van der Waals surface area (Å²) in [6.45, 7) is 3.67. The first-order chi connectivity index (χ1) is 15.7. The number of hydrogen-bond acceptors (Lipinski definition) is 6. The molecule has 0 saturated carbocycles. The van der Waals surface area contributed by atoms with Crippen molar-refractivity contribution in [3.05, 3.63) is 61.4 Å². The smallest absolute Gasteiger partial charge is 0.338 e. The highest BCUT2D eigenvalue weighted by atomic mass is 16.5. The highest BCUT2D eigenvalue weighted by molar-refractivity contribution is 6.03. The van der Waals surface area contributed by atoms with E-state index >= 15 is 0 Å². The van der Waals surface area contributed by atoms with Crippen molar-refractivity contribution in [3.8, 4) is 0 Å². The van der Waals surface area contributed by atoms with Crippen molar-refractivity contribution in [1.82, 2.24) is 14.1 Å². The normalized spacial score (nSPS) is 15.4. The number of aromatic nitrogens is 3. The Hall–Kier alpha value is -3.62. The van der Waals surface area contributed by atoms with Gasteiger partial charge in [0.25, 0.3) is 5.56 Å². The molecule has 0 fully saturated rings. The second kappa shape index (κ2) is 8.73. The zero-order valence-electron chi connectivity index (χ0n) is 19.1. The van der Waals surface area contributed by atoms with Gasteiger partial charge in [-0.3, -0.25) is 18.7 Å². The summed E-state index contributed by atoms with van der Waals surface area (Å²) >= 11 is 0. The van der Waals surface area contributed by atoms with Crippen LogP contribution in [0.2, 0.25) is 0 Å². The topological polar surface area (TPSA) is 129 Å². The number of ether oxygens (including phenoxy) is 1. The third kappa shape index (κ3) is 3.99. The Morgan fingerprint density at radius 2 is 2.03 bits per heavy atom. The number of nitrogens with zero attached hydrogens (tertiary/aromatic N) is 2. The minimum absolute atomic E-state index is 0.208. The molecule has 0 aliphatic heterocycles. The number of aromatic amines is 1. The molecule has 0 saturated heterocycles. The summed E-state index contributed by atoms with van der Waals surface area (Å²) in [7, 11) is 1.28. The van der Waals surface area contributed by atoms with Crippen molar-refractivity contribution < 1.29 is 14.3 Å². The maximum absolute atomic E-state index is 12.7. The van der Waals surface area contributed by atoms with Crippen LogP contribution in [0.4, 0.5) is 5.82 Å². The first kappa shape index (κ1) is 22.6. The molecule has 0 spiro atoms. The van der Waals surface area contributed by atoms with E-state index in [1.54, 1.807) is 12.1 Å². The van der Waals surface area contributed by atoms with Gasteiger partial charge in [0.1, 0.15) is 11.4 Å². The first-order valence-electron chi connectivity index (χ1n) is 11.2. The summed E-state index contributed by atoms with van der Waals surface area (Å²) in [5, 5.41) is 0.988. The molecule has 0 bridgehead atoms. The Labute approximate surface area is 190 Å². The van der Waals surface area contributed by atoms with E-state index in [-0.39, 0.29) is 17.9 Å². The molecule has 3 N–H and O–H groups in total. The Kier molecular flexibility index (Phi) is 5.97. The molecule has 2 aromatic heterocycles. The number of carbonyl (C=O) groups excluding carboxylic acids is 2. The number of carbonyl (C=O) groups is 2. The van der Waals surface area contributed by atoms with Crippen molar-refractivity contribution >= 4 is 28.5 Å². The van der Waals surface area contributed by atoms with Crippen molar-refractivity contribution in [1.29, 1.82) is 0 Å². The lowest BCUT2D eigenvalue weighted by molar-refractivity contribution is 0.0474. The number of H-pyrrole nitrogens is 1. The number of hydrogen-bond donors (Lipinski definition) is 2. The van der Waals surface area contributed by atoms with Crippen LogP contribution in [0.1, 0.15) is 58.7 Å². The molecule has 33 heavy (non-hydrogen) atoms. The number of nitrogens with one attached hydrogen (secondary N) is 1. The molecule has 9 heteroatoms.